The fourth-order valence-electron chi connectivity index (χ4n) is 3.76. The Balaban J connectivity index is 1.81. The normalized spacial score (nSPS) is 30.4. The number of nitrogens with one attached hydrogen (secondary N) is 1. The highest BCUT2D eigenvalue weighted by Crippen LogP contribution is 2.48. The van der Waals surface area contributed by atoms with Crippen molar-refractivity contribution >= 4 is 23.5 Å². The zero-order valence-corrected chi connectivity index (χ0v) is 11.9. The van der Waals surface area contributed by atoms with E-state index in [1.807, 2.05) is 0 Å². The Labute approximate surface area is 126 Å². The molecule has 2 bridgehead atoms. The first-order valence-corrected chi connectivity index (χ1v) is 7.34. The van der Waals surface area contributed by atoms with Crippen molar-refractivity contribution in [3.05, 3.63) is 34.6 Å². The molecule has 4 atom stereocenters. The van der Waals surface area contributed by atoms with Gasteiger partial charge in [0.25, 0.3) is 5.91 Å². The second kappa shape index (κ2) is 5.30. The van der Waals surface area contributed by atoms with Crippen LogP contribution < -0.4 is 5.32 Å². The molecule has 1 amide bonds. The molecule has 1 aromatic rings. The van der Waals surface area contributed by atoms with Crippen LogP contribution in [0.25, 0.3) is 0 Å². The summed E-state index contributed by atoms with van der Waals surface area (Å²) in [6.45, 7) is 0. The molecule has 2 fully saturated rings. The number of benzene rings is 1. The number of carbonyl (C=O) groups excluding carboxylic acids is 1. The molecule has 2 N–H and O–H groups in total. The standard InChI is InChI=1S/C15H15ClFNO3/c16-12-9(2-1-3-10(12)17)14(19)18-13-8-5-4-7(6-8)11(13)15(20)21/h1-3,7-8,11,13H,4-6H2,(H,18,19)(H,20,21). The molecule has 0 aliphatic heterocycles. The van der Waals surface area contributed by atoms with Crippen LogP contribution in [-0.2, 0) is 4.79 Å². The van der Waals surface area contributed by atoms with Crippen LogP contribution in [0, 0.1) is 23.6 Å². The molecule has 4 nitrogen and oxygen atoms in total. The molecular formula is C15H15ClFNO3. The molecule has 6 heteroatoms. The molecule has 2 aliphatic carbocycles. The van der Waals surface area contributed by atoms with E-state index in [0.717, 1.165) is 19.3 Å². The molecule has 3 rings (SSSR count). The van der Waals surface area contributed by atoms with E-state index in [1.165, 1.54) is 18.2 Å². The van der Waals surface area contributed by atoms with Crippen LogP contribution in [0.5, 0.6) is 0 Å². The number of carboxylic acids is 1. The number of hydrogen-bond donors (Lipinski definition) is 2. The van der Waals surface area contributed by atoms with Crippen LogP contribution in [0.2, 0.25) is 5.02 Å². The van der Waals surface area contributed by atoms with Gasteiger partial charge in [-0.3, -0.25) is 9.59 Å². The maximum Gasteiger partial charge on any atom is 0.308 e. The molecule has 21 heavy (non-hydrogen) atoms. The van der Waals surface area contributed by atoms with Crippen molar-refractivity contribution < 1.29 is 19.1 Å². The zero-order chi connectivity index (χ0) is 15.1. The molecule has 112 valence electrons. The van der Waals surface area contributed by atoms with E-state index in [2.05, 4.69) is 5.32 Å². The maximum absolute atomic E-state index is 13.4. The second-order valence-electron chi connectivity index (χ2n) is 5.80. The summed E-state index contributed by atoms with van der Waals surface area (Å²) in [7, 11) is 0. The lowest BCUT2D eigenvalue weighted by Crippen LogP contribution is -2.46. The molecule has 0 heterocycles. The van der Waals surface area contributed by atoms with E-state index in [9.17, 15) is 19.1 Å². The fourth-order valence-corrected chi connectivity index (χ4v) is 3.97. The monoisotopic (exact) mass is 311 g/mol. The van der Waals surface area contributed by atoms with Crippen LogP contribution in [0.15, 0.2) is 18.2 Å². The van der Waals surface area contributed by atoms with Gasteiger partial charge in [0.2, 0.25) is 0 Å². The lowest BCUT2D eigenvalue weighted by Gasteiger charge is -2.29. The Morgan fingerprint density at radius 2 is 2.00 bits per heavy atom. The first-order chi connectivity index (χ1) is 9.99. The highest BCUT2D eigenvalue weighted by atomic mass is 35.5. The van der Waals surface area contributed by atoms with E-state index in [0.29, 0.717) is 0 Å². The molecule has 0 radical (unpaired) electrons. The lowest BCUT2D eigenvalue weighted by molar-refractivity contribution is -0.144. The quantitative estimate of drug-likeness (QED) is 0.902. The minimum Gasteiger partial charge on any atom is -0.481 e. The summed E-state index contributed by atoms with van der Waals surface area (Å²) in [4.78, 5) is 23.7. The Bertz CT molecular complexity index is 607. The largest absolute Gasteiger partial charge is 0.481 e. The molecule has 0 saturated heterocycles. The molecule has 4 unspecified atom stereocenters. The number of carboxylic acid groups (broad SMARTS) is 1. The molecular weight excluding hydrogens is 297 g/mol. The third-order valence-corrected chi connectivity index (χ3v) is 5.08. The number of amides is 1. The van der Waals surface area contributed by atoms with Gasteiger partial charge in [0.1, 0.15) is 5.82 Å². The van der Waals surface area contributed by atoms with Crippen LogP contribution in [0.1, 0.15) is 29.6 Å². The van der Waals surface area contributed by atoms with Gasteiger partial charge >= 0.3 is 5.97 Å². The van der Waals surface area contributed by atoms with Gasteiger partial charge in [-0.25, -0.2) is 4.39 Å². The van der Waals surface area contributed by atoms with E-state index in [1.54, 1.807) is 0 Å². The van der Waals surface area contributed by atoms with Crippen molar-refractivity contribution in [1.82, 2.24) is 5.32 Å². The summed E-state index contributed by atoms with van der Waals surface area (Å²) in [6.07, 6.45) is 2.66. The van der Waals surface area contributed by atoms with Crippen LogP contribution in [0.4, 0.5) is 4.39 Å². The summed E-state index contributed by atoms with van der Waals surface area (Å²) < 4.78 is 13.4. The number of carbonyl (C=O) groups is 2. The van der Waals surface area contributed by atoms with Crippen molar-refractivity contribution in [3.63, 3.8) is 0 Å². The summed E-state index contributed by atoms with van der Waals surface area (Å²) in [5.74, 6) is -2.29. The summed E-state index contributed by atoms with van der Waals surface area (Å²) in [6, 6.07) is 3.62. The average molecular weight is 312 g/mol. The Morgan fingerprint density at radius 3 is 2.71 bits per heavy atom. The summed E-state index contributed by atoms with van der Waals surface area (Å²) >= 11 is 5.80. The minimum absolute atomic E-state index is 0.0450. The van der Waals surface area contributed by atoms with Crippen molar-refractivity contribution in [1.29, 1.82) is 0 Å². The van der Waals surface area contributed by atoms with Crippen molar-refractivity contribution in [3.8, 4) is 0 Å². The molecule has 2 aliphatic rings. The van der Waals surface area contributed by atoms with E-state index >= 15 is 0 Å². The highest BCUT2D eigenvalue weighted by molar-refractivity contribution is 6.34. The smallest absolute Gasteiger partial charge is 0.308 e. The lowest BCUT2D eigenvalue weighted by atomic mass is 9.84. The Kier molecular flexibility index (Phi) is 3.61. The van der Waals surface area contributed by atoms with Crippen LogP contribution in [0.3, 0.4) is 0 Å². The number of hydrogen-bond acceptors (Lipinski definition) is 2. The van der Waals surface area contributed by atoms with Gasteiger partial charge in [-0.2, -0.15) is 0 Å². The van der Waals surface area contributed by atoms with Gasteiger partial charge in [-0.1, -0.05) is 17.7 Å². The average Bonchev–Trinajstić information content (AvgIpc) is 3.02. The van der Waals surface area contributed by atoms with Gasteiger partial charge in [-0.05, 0) is 43.2 Å². The van der Waals surface area contributed by atoms with Gasteiger partial charge in [0.15, 0.2) is 0 Å². The summed E-state index contributed by atoms with van der Waals surface area (Å²) in [5, 5.41) is 11.9. The van der Waals surface area contributed by atoms with Crippen LogP contribution in [-0.4, -0.2) is 23.0 Å². The third-order valence-electron chi connectivity index (χ3n) is 4.70. The van der Waals surface area contributed by atoms with Gasteiger partial charge < -0.3 is 10.4 Å². The Hall–Kier alpha value is -1.62. The predicted octanol–water partition coefficient (Wildman–Crippen LogP) is 2.71. The van der Waals surface area contributed by atoms with E-state index in [4.69, 9.17) is 11.6 Å². The maximum atomic E-state index is 13.4. The first-order valence-electron chi connectivity index (χ1n) is 6.96. The molecule has 2 saturated carbocycles. The first kappa shape index (κ1) is 14.3. The zero-order valence-electron chi connectivity index (χ0n) is 11.2. The SMILES string of the molecule is O=C(NC1C2CCC(C2)C1C(=O)O)c1cccc(F)c1Cl. The van der Waals surface area contributed by atoms with Crippen molar-refractivity contribution in [2.45, 2.75) is 25.3 Å². The van der Waals surface area contributed by atoms with Crippen molar-refractivity contribution in [2.24, 2.45) is 17.8 Å². The van der Waals surface area contributed by atoms with Gasteiger partial charge in [-0.15, -0.1) is 0 Å². The summed E-state index contributed by atoms with van der Waals surface area (Å²) in [5.41, 5.74) is 0.0450. The van der Waals surface area contributed by atoms with Gasteiger partial charge in [0.05, 0.1) is 16.5 Å². The molecule has 0 spiro atoms. The third kappa shape index (κ3) is 2.39. The van der Waals surface area contributed by atoms with E-state index in [-0.39, 0.29) is 22.4 Å². The van der Waals surface area contributed by atoms with Crippen LogP contribution >= 0.6 is 11.6 Å². The number of fused-ring (bicyclic) bond motifs is 2. The highest BCUT2D eigenvalue weighted by Gasteiger charge is 2.51. The molecule has 1 aromatic carbocycles. The second-order valence-corrected chi connectivity index (χ2v) is 6.18. The Morgan fingerprint density at radius 1 is 1.29 bits per heavy atom. The number of rotatable bonds is 3. The van der Waals surface area contributed by atoms with Gasteiger partial charge in [0, 0.05) is 6.04 Å². The minimum atomic E-state index is -0.877. The fraction of sp³-hybridized carbons (Fsp3) is 0.467. The topological polar surface area (TPSA) is 66.4 Å². The predicted molar refractivity (Wildman–Crippen MR) is 74.6 cm³/mol. The number of aliphatic carboxylic acids is 1. The van der Waals surface area contributed by atoms with Crippen molar-refractivity contribution in [2.75, 3.05) is 0 Å². The molecule has 0 aromatic heterocycles. The number of halogens is 2. The van der Waals surface area contributed by atoms with E-state index < -0.39 is 29.7 Å².